The predicted octanol–water partition coefficient (Wildman–Crippen LogP) is -0.117. The highest BCUT2D eigenvalue weighted by Gasteiger charge is 2.20. The van der Waals surface area contributed by atoms with E-state index < -0.39 is 11.9 Å². The molecule has 0 aliphatic heterocycles. The van der Waals surface area contributed by atoms with Gasteiger partial charge in [0.2, 0.25) is 0 Å². The van der Waals surface area contributed by atoms with Crippen LogP contribution in [0.2, 0.25) is 0 Å². The molecule has 0 aromatic carbocycles. The van der Waals surface area contributed by atoms with Crippen LogP contribution in [0.4, 0.5) is 0 Å². The Morgan fingerprint density at radius 2 is 2.31 bits per heavy atom. The van der Waals surface area contributed by atoms with Gasteiger partial charge in [-0.15, -0.1) is 0 Å². The third-order valence-corrected chi connectivity index (χ3v) is 2.26. The third-order valence-electron chi connectivity index (χ3n) is 2.26. The van der Waals surface area contributed by atoms with Crippen molar-refractivity contribution >= 4 is 5.91 Å². The van der Waals surface area contributed by atoms with Gasteiger partial charge in [0, 0.05) is 6.07 Å². The second-order valence-corrected chi connectivity index (χ2v) is 3.57. The van der Waals surface area contributed by atoms with E-state index in [1.54, 1.807) is 13.0 Å². The number of aromatic nitrogens is 2. The monoisotopic (exact) mass is 224 g/mol. The topological polar surface area (TPSA) is 90.0 Å². The fourth-order valence-corrected chi connectivity index (χ4v) is 1.48. The maximum atomic E-state index is 11.6. The van der Waals surface area contributed by atoms with Crippen LogP contribution in [-0.2, 0) is 4.79 Å². The molecule has 3 N–H and O–H groups in total. The van der Waals surface area contributed by atoms with Gasteiger partial charge in [-0.2, -0.15) is 5.10 Å². The summed E-state index contributed by atoms with van der Waals surface area (Å²) < 4.78 is 1.18. The number of hydrogen-bond donors (Lipinski definition) is 2. The molecule has 88 valence electrons. The van der Waals surface area contributed by atoms with E-state index in [1.165, 1.54) is 10.7 Å². The summed E-state index contributed by atoms with van der Waals surface area (Å²) in [5.41, 5.74) is 2.44. The van der Waals surface area contributed by atoms with Crippen molar-refractivity contribution in [2.24, 2.45) is 5.84 Å². The lowest BCUT2D eigenvalue weighted by Crippen LogP contribution is -2.41. The minimum absolute atomic E-state index is 0.298. The summed E-state index contributed by atoms with van der Waals surface area (Å²) in [7, 11) is 0. The first-order valence-electron chi connectivity index (χ1n) is 5.17. The summed E-state index contributed by atoms with van der Waals surface area (Å²) in [6, 6.07) is 2.37. The van der Waals surface area contributed by atoms with Crippen LogP contribution in [0.5, 0.6) is 0 Å². The van der Waals surface area contributed by atoms with Crippen molar-refractivity contribution in [2.75, 3.05) is 0 Å². The Balaban J connectivity index is 3.14. The molecule has 0 bridgehead atoms. The number of rotatable bonds is 4. The number of amides is 1. The Kier molecular flexibility index (Phi) is 4.19. The first kappa shape index (κ1) is 12.4. The van der Waals surface area contributed by atoms with Crippen molar-refractivity contribution < 1.29 is 4.79 Å². The average Bonchev–Trinajstić information content (AvgIpc) is 2.28. The lowest BCUT2D eigenvalue weighted by Gasteiger charge is -2.16. The van der Waals surface area contributed by atoms with Crippen LogP contribution in [0.15, 0.2) is 16.9 Å². The summed E-state index contributed by atoms with van der Waals surface area (Å²) >= 11 is 0. The molecule has 6 heteroatoms. The average molecular weight is 224 g/mol. The van der Waals surface area contributed by atoms with Crippen molar-refractivity contribution in [3.63, 3.8) is 0 Å². The number of nitrogens with zero attached hydrogens (tertiary/aromatic N) is 2. The van der Waals surface area contributed by atoms with Gasteiger partial charge < -0.3 is 0 Å². The Morgan fingerprint density at radius 3 is 2.88 bits per heavy atom. The Bertz CT molecular complexity index is 427. The minimum Gasteiger partial charge on any atom is -0.292 e. The van der Waals surface area contributed by atoms with E-state index in [-0.39, 0.29) is 5.56 Å². The molecule has 0 fully saturated rings. The van der Waals surface area contributed by atoms with Crippen LogP contribution in [-0.4, -0.2) is 15.7 Å². The van der Waals surface area contributed by atoms with Crippen molar-refractivity contribution in [1.29, 1.82) is 0 Å². The number of aryl methyl sites for hydroxylation is 1. The standard InChI is InChI=1S/C10H16N4O2/c1-3-4-8(10(16)12-11)14-9(15)6-5-7(2)13-14/h5-6,8H,3-4,11H2,1-2H3,(H,12,16). The molecule has 1 unspecified atom stereocenters. The van der Waals surface area contributed by atoms with E-state index in [0.717, 1.165) is 6.42 Å². The molecule has 0 aliphatic rings. The Hall–Kier alpha value is -1.69. The summed E-state index contributed by atoms with van der Waals surface area (Å²) in [6.45, 7) is 3.69. The van der Waals surface area contributed by atoms with Crippen molar-refractivity contribution in [3.8, 4) is 0 Å². The Labute approximate surface area is 93.4 Å². The molecular weight excluding hydrogens is 208 g/mol. The number of nitrogens with one attached hydrogen (secondary N) is 1. The van der Waals surface area contributed by atoms with Gasteiger partial charge in [-0.25, -0.2) is 10.5 Å². The SMILES string of the molecule is CCCC(C(=O)NN)n1nc(C)ccc1=O. The molecule has 0 aliphatic carbocycles. The normalized spacial score (nSPS) is 12.2. The van der Waals surface area contributed by atoms with Crippen molar-refractivity contribution in [3.05, 3.63) is 28.2 Å². The van der Waals surface area contributed by atoms with Gasteiger partial charge in [0.1, 0.15) is 6.04 Å². The summed E-state index contributed by atoms with van der Waals surface area (Å²) in [5.74, 6) is 4.69. The van der Waals surface area contributed by atoms with Gasteiger partial charge >= 0.3 is 0 Å². The van der Waals surface area contributed by atoms with E-state index in [9.17, 15) is 9.59 Å². The van der Waals surface area contributed by atoms with Crippen LogP contribution in [0.1, 0.15) is 31.5 Å². The van der Waals surface area contributed by atoms with E-state index in [2.05, 4.69) is 10.5 Å². The molecule has 0 radical (unpaired) electrons. The van der Waals surface area contributed by atoms with Crippen LogP contribution in [0.3, 0.4) is 0 Å². The second kappa shape index (κ2) is 5.41. The zero-order chi connectivity index (χ0) is 12.1. The first-order chi connectivity index (χ1) is 7.60. The van der Waals surface area contributed by atoms with Crippen molar-refractivity contribution in [2.45, 2.75) is 32.7 Å². The number of carbonyl (C=O) groups is 1. The molecule has 16 heavy (non-hydrogen) atoms. The van der Waals surface area contributed by atoms with Gasteiger partial charge in [-0.1, -0.05) is 13.3 Å². The number of hydrogen-bond acceptors (Lipinski definition) is 4. The Morgan fingerprint density at radius 1 is 1.62 bits per heavy atom. The second-order valence-electron chi connectivity index (χ2n) is 3.57. The number of hydrazine groups is 1. The molecule has 6 nitrogen and oxygen atoms in total. The third kappa shape index (κ3) is 2.66. The molecule has 0 saturated carbocycles. The molecule has 1 amide bonds. The molecule has 1 aromatic rings. The van der Waals surface area contributed by atoms with Crippen LogP contribution >= 0.6 is 0 Å². The maximum Gasteiger partial charge on any atom is 0.267 e. The zero-order valence-corrected chi connectivity index (χ0v) is 9.43. The highest BCUT2D eigenvalue weighted by molar-refractivity contribution is 5.79. The highest BCUT2D eigenvalue weighted by Crippen LogP contribution is 2.10. The molecule has 0 spiro atoms. The van der Waals surface area contributed by atoms with Gasteiger partial charge in [0.05, 0.1) is 5.69 Å². The summed E-state index contributed by atoms with van der Waals surface area (Å²) in [6.07, 6.45) is 1.29. The van der Waals surface area contributed by atoms with Crippen molar-refractivity contribution in [1.82, 2.24) is 15.2 Å². The lowest BCUT2D eigenvalue weighted by atomic mass is 10.1. The van der Waals surface area contributed by atoms with Gasteiger partial charge in [-0.3, -0.25) is 15.0 Å². The van der Waals surface area contributed by atoms with Crippen LogP contribution in [0, 0.1) is 6.92 Å². The molecule has 1 aromatic heterocycles. The molecule has 1 atom stereocenters. The number of carbonyl (C=O) groups excluding carboxylic acids is 1. The molecule has 1 heterocycles. The quantitative estimate of drug-likeness (QED) is 0.424. The largest absolute Gasteiger partial charge is 0.292 e. The summed E-state index contributed by atoms with van der Waals surface area (Å²) in [4.78, 5) is 23.1. The summed E-state index contributed by atoms with van der Waals surface area (Å²) in [5, 5.41) is 4.05. The van der Waals surface area contributed by atoms with Crippen LogP contribution in [0.25, 0.3) is 0 Å². The van der Waals surface area contributed by atoms with Gasteiger partial charge in [-0.05, 0) is 19.4 Å². The minimum atomic E-state index is -0.637. The fourth-order valence-electron chi connectivity index (χ4n) is 1.48. The van der Waals surface area contributed by atoms with Gasteiger partial charge in [0.15, 0.2) is 0 Å². The van der Waals surface area contributed by atoms with Gasteiger partial charge in [0.25, 0.3) is 11.5 Å². The lowest BCUT2D eigenvalue weighted by molar-refractivity contribution is -0.125. The first-order valence-corrected chi connectivity index (χ1v) is 5.17. The number of nitrogens with two attached hydrogens (primary N) is 1. The maximum absolute atomic E-state index is 11.6. The van der Waals surface area contributed by atoms with E-state index in [1.807, 2.05) is 6.92 Å². The smallest absolute Gasteiger partial charge is 0.267 e. The fraction of sp³-hybridized carbons (Fsp3) is 0.500. The van der Waals surface area contributed by atoms with E-state index >= 15 is 0 Å². The van der Waals surface area contributed by atoms with E-state index in [4.69, 9.17) is 5.84 Å². The van der Waals surface area contributed by atoms with Crippen LogP contribution < -0.4 is 16.8 Å². The van der Waals surface area contributed by atoms with E-state index in [0.29, 0.717) is 12.1 Å². The zero-order valence-electron chi connectivity index (χ0n) is 9.43. The molecular formula is C10H16N4O2. The predicted molar refractivity (Wildman–Crippen MR) is 59.5 cm³/mol. The highest BCUT2D eigenvalue weighted by atomic mass is 16.2. The molecule has 0 saturated heterocycles. The molecule has 1 rings (SSSR count).